The SMILES string of the molecule is CCC(C)(C)Nc1nnc(C(C)NC)o1. The highest BCUT2D eigenvalue weighted by Crippen LogP contribution is 2.18. The molecule has 1 atom stereocenters. The van der Waals surface area contributed by atoms with E-state index in [2.05, 4.69) is 41.6 Å². The minimum Gasteiger partial charge on any atom is -0.406 e. The fraction of sp³-hybridized carbons (Fsp3) is 0.800. The maximum atomic E-state index is 5.48. The smallest absolute Gasteiger partial charge is 0.315 e. The Morgan fingerprint density at radius 1 is 1.40 bits per heavy atom. The molecule has 0 spiro atoms. The maximum absolute atomic E-state index is 5.48. The van der Waals surface area contributed by atoms with Crippen molar-refractivity contribution in [2.45, 2.75) is 45.7 Å². The molecule has 5 heteroatoms. The quantitative estimate of drug-likeness (QED) is 0.781. The second-order valence-corrected chi connectivity index (χ2v) is 4.32. The molecule has 5 nitrogen and oxygen atoms in total. The third kappa shape index (κ3) is 3.20. The van der Waals surface area contributed by atoms with Gasteiger partial charge in [0, 0.05) is 5.54 Å². The van der Waals surface area contributed by atoms with Gasteiger partial charge in [-0.15, -0.1) is 5.10 Å². The van der Waals surface area contributed by atoms with Crippen LogP contribution in [-0.2, 0) is 0 Å². The molecule has 0 aromatic carbocycles. The predicted octanol–water partition coefficient (Wildman–Crippen LogP) is 1.95. The Morgan fingerprint density at radius 2 is 2.07 bits per heavy atom. The fourth-order valence-electron chi connectivity index (χ4n) is 0.961. The number of nitrogens with one attached hydrogen (secondary N) is 2. The van der Waals surface area contributed by atoms with Crippen molar-refractivity contribution in [3.63, 3.8) is 0 Å². The lowest BCUT2D eigenvalue weighted by Crippen LogP contribution is -2.29. The molecule has 1 heterocycles. The van der Waals surface area contributed by atoms with Crippen LogP contribution < -0.4 is 10.6 Å². The van der Waals surface area contributed by atoms with Gasteiger partial charge in [-0.25, -0.2) is 0 Å². The van der Waals surface area contributed by atoms with Gasteiger partial charge in [0.25, 0.3) is 0 Å². The number of hydrogen-bond donors (Lipinski definition) is 2. The van der Waals surface area contributed by atoms with E-state index in [1.54, 1.807) is 0 Å². The van der Waals surface area contributed by atoms with Crippen molar-refractivity contribution in [3.05, 3.63) is 5.89 Å². The molecule has 2 N–H and O–H groups in total. The average Bonchev–Trinajstić information content (AvgIpc) is 2.64. The van der Waals surface area contributed by atoms with Gasteiger partial charge in [-0.05, 0) is 34.2 Å². The zero-order chi connectivity index (χ0) is 11.5. The van der Waals surface area contributed by atoms with Crippen LogP contribution in [0.3, 0.4) is 0 Å². The van der Waals surface area contributed by atoms with Crippen LogP contribution in [-0.4, -0.2) is 22.8 Å². The molecule has 0 saturated heterocycles. The van der Waals surface area contributed by atoms with Crippen LogP contribution in [0.4, 0.5) is 6.01 Å². The van der Waals surface area contributed by atoms with E-state index in [9.17, 15) is 0 Å². The molecular formula is C10H20N4O. The predicted molar refractivity (Wildman–Crippen MR) is 59.8 cm³/mol. The highest BCUT2D eigenvalue weighted by molar-refractivity contribution is 5.22. The van der Waals surface area contributed by atoms with Crippen molar-refractivity contribution < 1.29 is 4.42 Å². The van der Waals surface area contributed by atoms with Crippen molar-refractivity contribution in [3.8, 4) is 0 Å². The summed E-state index contributed by atoms with van der Waals surface area (Å²) < 4.78 is 5.48. The van der Waals surface area contributed by atoms with E-state index >= 15 is 0 Å². The standard InChI is InChI=1S/C10H20N4O/c1-6-10(3,4)12-9-14-13-8(15-9)7(2)11-5/h7,11H,6H2,1-5H3,(H,12,14). The zero-order valence-electron chi connectivity index (χ0n) is 10.1. The van der Waals surface area contributed by atoms with E-state index in [0.717, 1.165) is 6.42 Å². The largest absolute Gasteiger partial charge is 0.406 e. The minimum atomic E-state index is -0.0211. The van der Waals surface area contributed by atoms with Gasteiger partial charge in [0.05, 0.1) is 6.04 Å². The van der Waals surface area contributed by atoms with Crippen LogP contribution in [0.5, 0.6) is 0 Å². The van der Waals surface area contributed by atoms with Gasteiger partial charge in [0.1, 0.15) is 0 Å². The minimum absolute atomic E-state index is 0.0211. The van der Waals surface area contributed by atoms with Gasteiger partial charge < -0.3 is 15.1 Å². The summed E-state index contributed by atoms with van der Waals surface area (Å²) in [5.74, 6) is 0.604. The Bertz CT molecular complexity index is 308. The molecule has 0 saturated carbocycles. The highest BCUT2D eigenvalue weighted by Gasteiger charge is 2.19. The van der Waals surface area contributed by atoms with Gasteiger partial charge in [0.15, 0.2) is 0 Å². The molecule has 0 aliphatic heterocycles. The van der Waals surface area contributed by atoms with Crippen molar-refractivity contribution in [1.29, 1.82) is 0 Å². The first-order valence-corrected chi connectivity index (χ1v) is 5.27. The number of rotatable bonds is 5. The summed E-state index contributed by atoms with van der Waals surface area (Å²) in [6.45, 7) is 8.28. The number of aromatic nitrogens is 2. The molecule has 86 valence electrons. The summed E-state index contributed by atoms with van der Waals surface area (Å²) >= 11 is 0. The third-order valence-corrected chi connectivity index (χ3v) is 2.57. The van der Waals surface area contributed by atoms with E-state index in [1.807, 2.05) is 14.0 Å². The van der Waals surface area contributed by atoms with Crippen molar-refractivity contribution in [1.82, 2.24) is 15.5 Å². The van der Waals surface area contributed by atoms with Crippen molar-refractivity contribution in [2.24, 2.45) is 0 Å². The summed E-state index contributed by atoms with van der Waals surface area (Å²) in [5.41, 5.74) is -0.0211. The summed E-state index contributed by atoms with van der Waals surface area (Å²) in [6.07, 6.45) is 0.992. The normalized spacial score (nSPS) is 13.9. The number of hydrogen-bond acceptors (Lipinski definition) is 5. The van der Waals surface area contributed by atoms with Gasteiger partial charge in [0.2, 0.25) is 5.89 Å². The first-order chi connectivity index (χ1) is 6.98. The second kappa shape index (κ2) is 4.61. The third-order valence-electron chi connectivity index (χ3n) is 2.57. The highest BCUT2D eigenvalue weighted by atomic mass is 16.4. The van der Waals surface area contributed by atoms with E-state index in [4.69, 9.17) is 4.42 Å². The van der Waals surface area contributed by atoms with Gasteiger partial charge in [-0.2, -0.15) is 0 Å². The second-order valence-electron chi connectivity index (χ2n) is 4.32. The Balaban J connectivity index is 2.68. The Kier molecular flexibility index (Phi) is 3.68. The lowest BCUT2D eigenvalue weighted by Gasteiger charge is -2.22. The monoisotopic (exact) mass is 212 g/mol. The molecule has 1 unspecified atom stereocenters. The van der Waals surface area contributed by atoms with Gasteiger partial charge >= 0.3 is 6.01 Å². The van der Waals surface area contributed by atoms with Gasteiger partial charge in [-0.1, -0.05) is 12.0 Å². The van der Waals surface area contributed by atoms with E-state index in [0.29, 0.717) is 11.9 Å². The van der Waals surface area contributed by atoms with Crippen LogP contribution in [0, 0.1) is 0 Å². The van der Waals surface area contributed by atoms with Crippen LogP contribution in [0.25, 0.3) is 0 Å². The molecule has 0 amide bonds. The van der Waals surface area contributed by atoms with Crippen LogP contribution in [0.2, 0.25) is 0 Å². The zero-order valence-corrected chi connectivity index (χ0v) is 10.1. The molecule has 0 fully saturated rings. The van der Waals surface area contributed by atoms with E-state index in [1.165, 1.54) is 0 Å². The average molecular weight is 212 g/mol. The van der Waals surface area contributed by atoms with Crippen molar-refractivity contribution >= 4 is 6.01 Å². The number of anilines is 1. The van der Waals surface area contributed by atoms with Gasteiger partial charge in [-0.3, -0.25) is 0 Å². The molecule has 15 heavy (non-hydrogen) atoms. The van der Waals surface area contributed by atoms with Crippen LogP contribution >= 0.6 is 0 Å². The lowest BCUT2D eigenvalue weighted by atomic mass is 10.0. The molecular weight excluding hydrogens is 192 g/mol. The molecule has 1 aromatic rings. The lowest BCUT2D eigenvalue weighted by molar-refractivity contribution is 0.427. The van der Waals surface area contributed by atoms with Crippen LogP contribution in [0.15, 0.2) is 4.42 Å². The van der Waals surface area contributed by atoms with Crippen molar-refractivity contribution in [2.75, 3.05) is 12.4 Å². The summed E-state index contributed by atoms with van der Waals surface area (Å²) in [6, 6.07) is 0.566. The fourth-order valence-corrected chi connectivity index (χ4v) is 0.961. The molecule has 1 rings (SSSR count). The molecule has 0 aliphatic carbocycles. The number of nitrogens with zero attached hydrogens (tertiary/aromatic N) is 2. The topological polar surface area (TPSA) is 63.0 Å². The molecule has 0 radical (unpaired) electrons. The molecule has 1 aromatic heterocycles. The molecule has 0 bridgehead atoms. The summed E-state index contributed by atoms with van der Waals surface area (Å²) in [7, 11) is 1.86. The molecule has 0 aliphatic rings. The van der Waals surface area contributed by atoms with E-state index < -0.39 is 0 Å². The van der Waals surface area contributed by atoms with E-state index in [-0.39, 0.29) is 11.6 Å². The Morgan fingerprint density at radius 3 is 2.60 bits per heavy atom. The first kappa shape index (κ1) is 12.0. The maximum Gasteiger partial charge on any atom is 0.315 e. The summed E-state index contributed by atoms with van der Waals surface area (Å²) in [4.78, 5) is 0. The Labute approximate surface area is 90.7 Å². The first-order valence-electron chi connectivity index (χ1n) is 5.27. The van der Waals surface area contributed by atoms with Crippen LogP contribution in [0.1, 0.15) is 46.0 Å². The Hall–Kier alpha value is -1.10. The summed E-state index contributed by atoms with van der Waals surface area (Å²) in [5, 5.41) is 14.2.